The Kier molecular flexibility index (Phi) is 4.73. The lowest BCUT2D eigenvalue weighted by Gasteiger charge is -2.35. The summed E-state index contributed by atoms with van der Waals surface area (Å²) in [4.78, 5) is 0. The molecule has 0 heterocycles. The maximum absolute atomic E-state index is 12.2. The molecule has 1 saturated carbocycles. The summed E-state index contributed by atoms with van der Waals surface area (Å²) < 4.78 is 24.5. The number of halogens is 2. The molecule has 0 N–H and O–H groups in total. The maximum atomic E-state index is 12.2. The molecular weight excluding hydrogens is 158 g/mol. The van der Waals surface area contributed by atoms with Gasteiger partial charge in [-0.3, -0.25) is 0 Å². The average molecular weight is 178 g/mol. The monoisotopic (exact) mass is 178 g/mol. The zero-order chi connectivity index (χ0) is 9.78. The fourth-order valence-electron chi connectivity index (χ4n) is 1.62. The normalized spacial score (nSPS) is 21.2. The summed E-state index contributed by atoms with van der Waals surface area (Å²) >= 11 is 0. The van der Waals surface area contributed by atoms with Crippen LogP contribution in [0.4, 0.5) is 8.78 Å². The second kappa shape index (κ2) is 4.78. The van der Waals surface area contributed by atoms with Gasteiger partial charge in [-0.2, -0.15) is 0 Å². The van der Waals surface area contributed by atoms with Gasteiger partial charge in [0.2, 0.25) is 5.92 Å². The minimum absolute atomic E-state index is 0.130. The van der Waals surface area contributed by atoms with Gasteiger partial charge in [-0.25, -0.2) is 8.78 Å². The second-order valence-corrected chi connectivity index (χ2v) is 3.76. The van der Waals surface area contributed by atoms with Crippen LogP contribution in [-0.4, -0.2) is 5.92 Å². The lowest BCUT2D eigenvalue weighted by molar-refractivity contribution is -0.114. The van der Waals surface area contributed by atoms with E-state index < -0.39 is 5.92 Å². The number of alkyl halides is 2. The Hall–Kier alpha value is -0.140. The quantitative estimate of drug-likeness (QED) is 0.597. The van der Waals surface area contributed by atoms with E-state index in [0.717, 1.165) is 6.42 Å². The van der Waals surface area contributed by atoms with Crippen LogP contribution in [0.15, 0.2) is 0 Å². The Morgan fingerprint density at radius 3 is 1.92 bits per heavy atom. The average Bonchev–Trinajstić information content (AvgIpc) is 1.87. The van der Waals surface area contributed by atoms with Gasteiger partial charge in [0.15, 0.2) is 0 Å². The molecule has 0 aliphatic heterocycles. The number of hydrogen-bond donors (Lipinski definition) is 0. The lowest BCUT2D eigenvalue weighted by Crippen LogP contribution is -2.35. The van der Waals surface area contributed by atoms with E-state index in [1.54, 1.807) is 0 Å². The minimum Gasteiger partial charge on any atom is -0.207 e. The van der Waals surface area contributed by atoms with E-state index in [0.29, 0.717) is 11.8 Å². The molecule has 0 spiro atoms. The summed E-state index contributed by atoms with van der Waals surface area (Å²) in [7, 11) is 0. The highest BCUT2D eigenvalue weighted by molar-refractivity contribution is 4.86. The summed E-state index contributed by atoms with van der Waals surface area (Å²) in [6.45, 7) is 8.16. The first kappa shape index (κ1) is 11.9. The highest BCUT2D eigenvalue weighted by atomic mass is 19.3. The Morgan fingerprint density at radius 2 is 1.67 bits per heavy atom. The van der Waals surface area contributed by atoms with Crippen molar-refractivity contribution in [3.05, 3.63) is 0 Å². The highest BCUT2D eigenvalue weighted by Gasteiger charge is 2.44. The molecule has 2 heteroatoms. The zero-order valence-electron chi connectivity index (χ0n) is 8.53. The Labute approximate surface area is 74.4 Å². The highest BCUT2D eigenvalue weighted by Crippen LogP contribution is 2.45. The first-order chi connectivity index (χ1) is 5.49. The molecule has 0 aromatic carbocycles. The Morgan fingerprint density at radius 1 is 1.25 bits per heavy atom. The van der Waals surface area contributed by atoms with Crippen LogP contribution in [0, 0.1) is 11.8 Å². The van der Waals surface area contributed by atoms with Crippen molar-refractivity contribution in [2.75, 3.05) is 0 Å². The fraction of sp³-hybridized carbons (Fsp3) is 1.00. The predicted octanol–water partition coefficient (Wildman–Crippen LogP) is 4.10. The lowest BCUT2D eigenvalue weighted by atomic mass is 9.77. The smallest absolute Gasteiger partial charge is 0.207 e. The molecule has 0 aromatic rings. The van der Waals surface area contributed by atoms with Crippen LogP contribution in [0.25, 0.3) is 0 Å². The van der Waals surface area contributed by atoms with Crippen LogP contribution in [-0.2, 0) is 0 Å². The molecule has 0 saturated heterocycles. The summed E-state index contributed by atoms with van der Waals surface area (Å²) in [6, 6.07) is 0. The molecule has 12 heavy (non-hydrogen) atoms. The van der Waals surface area contributed by atoms with Crippen molar-refractivity contribution in [3.63, 3.8) is 0 Å². The van der Waals surface area contributed by atoms with Gasteiger partial charge in [0.05, 0.1) is 0 Å². The van der Waals surface area contributed by atoms with Gasteiger partial charge in [0.25, 0.3) is 0 Å². The van der Waals surface area contributed by atoms with Gasteiger partial charge in [0, 0.05) is 12.8 Å². The molecule has 0 aromatic heterocycles. The number of hydrogen-bond acceptors (Lipinski definition) is 0. The predicted molar refractivity (Wildman–Crippen MR) is 48.5 cm³/mol. The van der Waals surface area contributed by atoms with Crippen LogP contribution in [0.1, 0.15) is 47.0 Å². The van der Waals surface area contributed by atoms with Gasteiger partial charge >= 0.3 is 0 Å². The molecule has 1 aliphatic rings. The molecule has 1 aliphatic carbocycles. The van der Waals surface area contributed by atoms with Crippen LogP contribution in [0.3, 0.4) is 0 Å². The van der Waals surface area contributed by atoms with E-state index in [1.165, 1.54) is 0 Å². The van der Waals surface area contributed by atoms with E-state index >= 15 is 0 Å². The van der Waals surface area contributed by atoms with E-state index in [1.807, 2.05) is 13.8 Å². The van der Waals surface area contributed by atoms with E-state index in [9.17, 15) is 8.78 Å². The summed E-state index contributed by atoms with van der Waals surface area (Å²) in [5, 5.41) is 0. The number of rotatable bonds is 2. The third-order valence-corrected chi connectivity index (χ3v) is 1.98. The van der Waals surface area contributed by atoms with Gasteiger partial charge in [-0.05, 0) is 18.3 Å². The van der Waals surface area contributed by atoms with Crippen LogP contribution < -0.4 is 0 Å². The van der Waals surface area contributed by atoms with Gasteiger partial charge < -0.3 is 0 Å². The van der Waals surface area contributed by atoms with Gasteiger partial charge in [0.1, 0.15) is 0 Å². The Balaban J connectivity index is 0.000000561. The molecule has 0 amide bonds. The zero-order valence-corrected chi connectivity index (χ0v) is 8.53. The van der Waals surface area contributed by atoms with Crippen molar-refractivity contribution in [2.24, 2.45) is 11.8 Å². The molecule has 0 atom stereocenters. The Bertz CT molecular complexity index is 108. The van der Waals surface area contributed by atoms with Crippen LogP contribution in [0.2, 0.25) is 0 Å². The molecule has 1 fully saturated rings. The molecule has 0 radical (unpaired) electrons. The van der Waals surface area contributed by atoms with Crippen molar-refractivity contribution < 1.29 is 8.78 Å². The first-order valence-corrected chi connectivity index (χ1v) is 4.87. The van der Waals surface area contributed by atoms with Crippen molar-refractivity contribution >= 4 is 0 Å². The van der Waals surface area contributed by atoms with E-state index in [2.05, 4.69) is 13.8 Å². The molecular formula is C10H20F2. The van der Waals surface area contributed by atoms with Crippen LogP contribution >= 0.6 is 0 Å². The minimum atomic E-state index is -2.32. The molecule has 0 bridgehead atoms. The topological polar surface area (TPSA) is 0 Å². The SMILES string of the molecule is CC.CC(C)CC1CC(F)(F)C1. The van der Waals surface area contributed by atoms with Crippen molar-refractivity contribution in [1.29, 1.82) is 0 Å². The standard InChI is InChI=1S/C8H14F2.C2H6/c1-6(2)3-7-4-8(9,10)5-7;1-2/h6-7H,3-5H2,1-2H3;1-2H3. The van der Waals surface area contributed by atoms with Gasteiger partial charge in [-0.15, -0.1) is 0 Å². The third-order valence-electron chi connectivity index (χ3n) is 1.98. The van der Waals surface area contributed by atoms with E-state index in [4.69, 9.17) is 0 Å². The summed E-state index contributed by atoms with van der Waals surface area (Å²) in [6.07, 6.45) is 1.23. The van der Waals surface area contributed by atoms with Gasteiger partial charge in [-0.1, -0.05) is 27.7 Å². The third kappa shape index (κ3) is 4.03. The molecule has 1 rings (SSSR count). The van der Waals surface area contributed by atoms with Crippen molar-refractivity contribution in [3.8, 4) is 0 Å². The largest absolute Gasteiger partial charge is 0.248 e. The molecule has 74 valence electrons. The summed E-state index contributed by atoms with van der Waals surface area (Å²) in [5.41, 5.74) is 0. The first-order valence-electron chi connectivity index (χ1n) is 4.87. The van der Waals surface area contributed by atoms with Crippen molar-refractivity contribution in [1.82, 2.24) is 0 Å². The molecule has 0 nitrogen and oxygen atoms in total. The van der Waals surface area contributed by atoms with E-state index in [-0.39, 0.29) is 12.8 Å². The van der Waals surface area contributed by atoms with Crippen molar-refractivity contribution in [2.45, 2.75) is 52.9 Å². The fourth-order valence-corrected chi connectivity index (χ4v) is 1.62. The second-order valence-electron chi connectivity index (χ2n) is 3.76. The molecule has 0 unspecified atom stereocenters. The summed E-state index contributed by atoms with van der Waals surface area (Å²) in [5.74, 6) is -1.45. The maximum Gasteiger partial charge on any atom is 0.248 e. The van der Waals surface area contributed by atoms with Crippen LogP contribution in [0.5, 0.6) is 0 Å².